The summed E-state index contributed by atoms with van der Waals surface area (Å²) in [5.41, 5.74) is 2.54. The van der Waals surface area contributed by atoms with E-state index in [0.717, 1.165) is 59.0 Å². The Labute approximate surface area is 246 Å². The number of hydrogen-bond donors (Lipinski definition) is 1. The Morgan fingerprint density at radius 3 is 2.66 bits per heavy atom. The standard InChI is InChI=1S/C31H36N4O4S2/c1-23(34-41(36,37)27-9-5-4-6-10-27)39-28-11-7-8-18-31(28,25-14-17-29-33-19-20-35(29)21-25)30(32-2)40-22-24-12-15-26(38-3)16-13-24/h4-6,9-10,12-17,19-21,23,28,34H,7-8,11,18,22H2,1-3H3. The molecule has 8 nitrogen and oxygen atoms in total. The summed E-state index contributed by atoms with van der Waals surface area (Å²) in [4.78, 5) is 9.51. The van der Waals surface area contributed by atoms with Crippen LogP contribution in [0.2, 0.25) is 0 Å². The van der Waals surface area contributed by atoms with Crippen molar-refractivity contribution >= 4 is 32.5 Å². The Kier molecular flexibility index (Phi) is 9.13. The van der Waals surface area contributed by atoms with Crippen molar-refractivity contribution in [3.8, 4) is 5.75 Å². The van der Waals surface area contributed by atoms with Gasteiger partial charge in [0, 0.05) is 31.4 Å². The van der Waals surface area contributed by atoms with E-state index in [-0.39, 0.29) is 11.0 Å². The first-order chi connectivity index (χ1) is 19.9. The Balaban J connectivity index is 1.48. The number of nitrogens with one attached hydrogen (secondary N) is 1. The smallest absolute Gasteiger partial charge is 0.242 e. The first kappa shape index (κ1) is 29.3. The predicted octanol–water partition coefficient (Wildman–Crippen LogP) is 5.83. The van der Waals surface area contributed by atoms with Crippen LogP contribution < -0.4 is 9.46 Å². The van der Waals surface area contributed by atoms with Gasteiger partial charge in [-0.2, -0.15) is 4.72 Å². The summed E-state index contributed by atoms with van der Waals surface area (Å²) in [5, 5.41) is 0.968. The molecule has 0 spiro atoms. The number of rotatable bonds is 10. The lowest BCUT2D eigenvalue weighted by Gasteiger charge is -2.45. The van der Waals surface area contributed by atoms with Crippen LogP contribution in [0.5, 0.6) is 5.75 Å². The zero-order valence-corrected chi connectivity index (χ0v) is 25.2. The van der Waals surface area contributed by atoms with Gasteiger partial charge in [0.15, 0.2) is 0 Å². The normalized spacial score (nSPS) is 20.7. The van der Waals surface area contributed by atoms with Crippen molar-refractivity contribution in [2.75, 3.05) is 14.2 Å². The summed E-state index contributed by atoms with van der Waals surface area (Å²) < 4.78 is 42.9. The molecule has 0 radical (unpaired) electrons. The van der Waals surface area contributed by atoms with E-state index < -0.39 is 21.7 Å². The third-order valence-corrected chi connectivity index (χ3v) is 10.4. The molecule has 216 valence electrons. The lowest BCUT2D eigenvalue weighted by Crippen LogP contribution is -2.52. The second-order valence-corrected chi connectivity index (χ2v) is 12.9. The largest absolute Gasteiger partial charge is 0.497 e. The van der Waals surface area contributed by atoms with E-state index in [0.29, 0.717) is 0 Å². The topological polar surface area (TPSA) is 94.3 Å². The molecular weight excluding hydrogens is 556 g/mol. The SMILES string of the molecule is CN=C(SCc1ccc(OC)cc1)C1(c2ccc3nccn3c2)CCCCC1OC(C)NS(=O)(=O)c1ccccc1. The van der Waals surface area contributed by atoms with Gasteiger partial charge in [0.2, 0.25) is 10.0 Å². The highest BCUT2D eigenvalue weighted by Crippen LogP contribution is 2.46. The van der Waals surface area contributed by atoms with Crippen molar-refractivity contribution in [2.45, 2.75) is 61.0 Å². The van der Waals surface area contributed by atoms with E-state index in [4.69, 9.17) is 14.5 Å². The first-order valence-electron chi connectivity index (χ1n) is 13.7. The number of ether oxygens (including phenoxy) is 2. The van der Waals surface area contributed by atoms with Gasteiger partial charge in [0.05, 0.1) is 28.6 Å². The van der Waals surface area contributed by atoms with Crippen LogP contribution in [0.15, 0.2) is 95.2 Å². The lowest BCUT2D eigenvalue weighted by molar-refractivity contribution is -0.0517. The minimum atomic E-state index is -3.74. The zero-order valence-electron chi connectivity index (χ0n) is 23.6. The number of pyridine rings is 1. The summed E-state index contributed by atoms with van der Waals surface area (Å²) in [6.07, 6.45) is 8.40. The molecule has 3 atom stereocenters. The average molecular weight is 593 g/mol. The average Bonchev–Trinajstić information content (AvgIpc) is 3.47. The minimum Gasteiger partial charge on any atom is -0.497 e. The van der Waals surface area contributed by atoms with E-state index in [1.54, 1.807) is 62.3 Å². The Morgan fingerprint density at radius 2 is 1.93 bits per heavy atom. The fourth-order valence-electron chi connectivity index (χ4n) is 5.63. The summed E-state index contributed by atoms with van der Waals surface area (Å²) in [6, 6.07) is 20.6. The van der Waals surface area contributed by atoms with Crippen LogP contribution in [0.4, 0.5) is 0 Å². The van der Waals surface area contributed by atoms with Gasteiger partial charge in [0.25, 0.3) is 0 Å². The van der Waals surface area contributed by atoms with E-state index in [1.165, 1.54) is 0 Å². The molecule has 1 aliphatic carbocycles. The molecule has 2 heterocycles. The van der Waals surface area contributed by atoms with Crippen molar-refractivity contribution in [1.29, 1.82) is 0 Å². The highest BCUT2D eigenvalue weighted by atomic mass is 32.2. The molecule has 2 aromatic heterocycles. The molecule has 5 rings (SSSR count). The molecule has 0 saturated heterocycles. The Bertz CT molecular complexity index is 1590. The fraction of sp³-hybridized carbons (Fsp3) is 0.355. The number of nitrogens with zero attached hydrogens (tertiary/aromatic N) is 3. The molecule has 0 bridgehead atoms. The van der Waals surface area contributed by atoms with E-state index in [9.17, 15) is 8.42 Å². The van der Waals surface area contributed by atoms with Crippen LogP contribution in [0.3, 0.4) is 0 Å². The number of fused-ring (bicyclic) bond motifs is 1. The summed E-state index contributed by atoms with van der Waals surface area (Å²) in [6.45, 7) is 1.76. The number of imidazole rings is 1. The van der Waals surface area contributed by atoms with Crippen molar-refractivity contribution < 1.29 is 17.9 Å². The van der Waals surface area contributed by atoms with Crippen LogP contribution >= 0.6 is 11.8 Å². The van der Waals surface area contributed by atoms with Gasteiger partial charge in [-0.05, 0) is 61.2 Å². The van der Waals surface area contributed by atoms with Crippen molar-refractivity contribution in [2.24, 2.45) is 4.99 Å². The van der Waals surface area contributed by atoms with Gasteiger partial charge >= 0.3 is 0 Å². The predicted molar refractivity (Wildman–Crippen MR) is 164 cm³/mol. The number of methoxy groups -OCH3 is 1. The Morgan fingerprint density at radius 1 is 1.15 bits per heavy atom. The fourth-order valence-corrected chi connectivity index (χ4v) is 8.01. The number of aromatic nitrogens is 2. The molecule has 10 heteroatoms. The molecule has 3 unspecified atom stereocenters. The van der Waals surface area contributed by atoms with Gasteiger partial charge in [-0.15, -0.1) is 11.8 Å². The van der Waals surface area contributed by atoms with Crippen molar-refractivity contribution in [3.05, 3.63) is 96.4 Å². The van der Waals surface area contributed by atoms with E-state index in [1.807, 2.05) is 35.8 Å². The van der Waals surface area contributed by atoms with Crippen LogP contribution in [0.1, 0.15) is 43.7 Å². The van der Waals surface area contributed by atoms with E-state index in [2.05, 4.69) is 34.1 Å². The van der Waals surface area contributed by atoms with Crippen LogP contribution in [0.25, 0.3) is 5.65 Å². The number of thioether (sulfide) groups is 1. The van der Waals surface area contributed by atoms with Gasteiger partial charge in [0.1, 0.15) is 17.6 Å². The third kappa shape index (κ3) is 6.35. The summed E-state index contributed by atoms with van der Waals surface area (Å²) >= 11 is 1.70. The maximum absolute atomic E-state index is 13.1. The number of aliphatic imine (C=N–C) groups is 1. The van der Waals surface area contributed by atoms with Gasteiger partial charge in [-0.1, -0.05) is 49.2 Å². The van der Waals surface area contributed by atoms with Crippen molar-refractivity contribution in [3.63, 3.8) is 0 Å². The quantitative estimate of drug-likeness (QED) is 0.142. The van der Waals surface area contributed by atoms with Crippen LogP contribution in [-0.2, 0) is 25.9 Å². The molecule has 2 aromatic carbocycles. The maximum atomic E-state index is 13.1. The molecule has 0 amide bonds. The maximum Gasteiger partial charge on any atom is 0.242 e. The highest BCUT2D eigenvalue weighted by Gasteiger charge is 2.48. The minimum absolute atomic E-state index is 0.210. The van der Waals surface area contributed by atoms with Gasteiger partial charge in [-0.3, -0.25) is 4.99 Å². The molecule has 0 aliphatic heterocycles. The van der Waals surface area contributed by atoms with E-state index >= 15 is 0 Å². The second-order valence-electron chi connectivity index (χ2n) is 10.2. The van der Waals surface area contributed by atoms with Crippen molar-refractivity contribution in [1.82, 2.24) is 14.1 Å². The highest BCUT2D eigenvalue weighted by molar-refractivity contribution is 8.13. The first-order valence-corrected chi connectivity index (χ1v) is 16.2. The lowest BCUT2D eigenvalue weighted by atomic mass is 9.68. The van der Waals surface area contributed by atoms with Crippen LogP contribution in [0, 0.1) is 0 Å². The van der Waals surface area contributed by atoms with Gasteiger partial charge in [-0.25, -0.2) is 13.4 Å². The molecule has 41 heavy (non-hydrogen) atoms. The number of benzene rings is 2. The molecule has 1 saturated carbocycles. The summed E-state index contributed by atoms with van der Waals surface area (Å²) in [7, 11) is -0.247. The molecule has 1 N–H and O–H groups in total. The number of hydrogen-bond acceptors (Lipinski definition) is 7. The third-order valence-electron chi connectivity index (χ3n) is 7.60. The monoisotopic (exact) mass is 592 g/mol. The van der Waals surface area contributed by atoms with Gasteiger partial charge < -0.3 is 13.9 Å². The number of sulfonamides is 1. The van der Waals surface area contributed by atoms with Crippen LogP contribution in [-0.4, -0.2) is 49.3 Å². The second kappa shape index (κ2) is 12.8. The Hall–Kier alpha value is -3.18. The zero-order chi connectivity index (χ0) is 28.9. The molecule has 4 aromatic rings. The molecular formula is C31H36N4O4S2. The molecule has 1 aliphatic rings. The molecule has 1 fully saturated rings. The summed E-state index contributed by atoms with van der Waals surface area (Å²) in [5.74, 6) is 1.55.